The lowest BCUT2D eigenvalue weighted by Gasteiger charge is -2.24. The molecule has 6 heterocycles. The topological polar surface area (TPSA) is 125 Å². The molecule has 9 nitrogen and oxygen atoms in total. The van der Waals surface area contributed by atoms with Gasteiger partial charge in [-0.15, -0.1) is 11.3 Å². The van der Waals surface area contributed by atoms with Crippen molar-refractivity contribution < 1.29 is 13.6 Å². The molecule has 0 atom stereocenters. The number of amides is 1. The Hall–Kier alpha value is -4.58. The average molecular weight is 529 g/mol. The highest BCUT2D eigenvalue weighted by Crippen LogP contribution is 2.36. The van der Waals surface area contributed by atoms with Crippen LogP contribution in [0.4, 0.5) is 14.5 Å². The molecule has 188 valence electrons. The zero-order valence-corrected chi connectivity index (χ0v) is 20.4. The molecule has 6 aromatic rings. The molecule has 38 heavy (non-hydrogen) atoms. The number of pyridine rings is 3. The molecule has 0 aliphatic heterocycles. The van der Waals surface area contributed by atoms with E-state index in [4.69, 9.17) is 0 Å². The smallest absolute Gasteiger partial charge is 0.227 e. The second-order valence-electron chi connectivity index (χ2n) is 9.13. The first-order valence-corrected chi connectivity index (χ1v) is 12.8. The number of H-pyrrole nitrogens is 2. The fraction of sp³-hybridized carbons (Fsp3) is 0.154. The Balaban J connectivity index is 1.30. The van der Waals surface area contributed by atoms with Gasteiger partial charge in [0.05, 0.1) is 40.7 Å². The summed E-state index contributed by atoms with van der Waals surface area (Å²) in [6, 6.07) is 4.71. The predicted molar refractivity (Wildman–Crippen MR) is 139 cm³/mol. The summed E-state index contributed by atoms with van der Waals surface area (Å²) in [6.45, 7) is 0. The maximum atomic E-state index is 16.0. The van der Waals surface area contributed by atoms with Crippen LogP contribution in [0.15, 0.2) is 49.2 Å². The van der Waals surface area contributed by atoms with Crippen LogP contribution in [0.25, 0.3) is 55.2 Å². The molecule has 1 aliphatic carbocycles. The van der Waals surface area contributed by atoms with E-state index < -0.39 is 5.82 Å². The molecule has 12 heteroatoms. The summed E-state index contributed by atoms with van der Waals surface area (Å²) in [5.74, 6) is -0.320. The molecular formula is C26H18F2N8OS. The highest BCUT2D eigenvalue weighted by atomic mass is 32.1. The average Bonchev–Trinajstić information content (AvgIpc) is 3.61. The molecule has 0 saturated heterocycles. The zero-order valence-electron chi connectivity index (χ0n) is 19.6. The Labute approximate surface area is 217 Å². The Bertz CT molecular complexity index is 1860. The number of rotatable bonds is 5. The van der Waals surface area contributed by atoms with Crippen LogP contribution in [0.3, 0.4) is 0 Å². The third kappa shape index (κ3) is 3.72. The Morgan fingerprint density at radius 3 is 2.68 bits per heavy atom. The molecule has 1 fully saturated rings. The predicted octanol–water partition coefficient (Wildman–Crippen LogP) is 5.70. The van der Waals surface area contributed by atoms with Gasteiger partial charge >= 0.3 is 0 Å². The van der Waals surface area contributed by atoms with Gasteiger partial charge < -0.3 is 10.3 Å². The van der Waals surface area contributed by atoms with Crippen molar-refractivity contribution in [1.82, 2.24) is 35.1 Å². The van der Waals surface area contributed by atoms with Crippen LogP contribution in [-0.2, 0) is 4.79 Å². The van der Waals surface area contributed by atoms with Crippen LogP contribution in [0, 0.1) is 16.9 Å². The number of nitrogens with one attached hydrogen (secondary N) is 3. The van der Waals surface area contributed by atoms with Crippen LogP contribution in [-0.4, -0.2) is 41.0 Å². The lowest BCUT2D eigenvalue weighted by atomic mass is 9.85. The highest BCUT2D eigenvalue weighted by molar-refractivity contribution is 7.14. The number of hydrogen-bond acceptors (Lipinski definition) is 7. The van der Waals surface area contributed by atoms with Gasteiger partial charge in [0.25, 0.3) is 0 Å². The monoisotopic (exact) mass is 528 g/mol. The van der Waals surface area contributed by atoms with Crippen LogP contribution in [0.2, 0.25) is 0 Å². The Morgan fingerprint density at radius 2 is 1.89 bits per heavy atom. The SMILES string of the molecule is O=C(Nc1cncc(-c2ncc3[nH]nc(-c4nc5c(-c6ccc(F)s6)cncc5[nH]4)c3c2F)c1)C1CCC1. The first-order valence-electron chi connectivity index (χ1n) is 11.9. The van der Waals surface area contributed by atoms with Gasteiger partial charge in [-0.2, -0.15) is 9.49 Å². The maximum Gasteiger partial charge on any atom is 0.227 e. The van der Waals surface area contributed by atoms with Gasteiger partial charge in [0.2, 0.25) is 5.91 Å². The number of aromatic nitrogens is 7. The van der Waals surface area contributed by atoms with E-state index in [9.17, 15) is 9.18 Å². The minimum atomic E-state index is -0.602. The molecule has 6 aromatic heterocycles. The molecule has 7 rings (SSSR count). The standard InChI is InChI=1S/C26H18F2N8OS/c27-19-5-4-18(38-19)15-9-30-10-17-23(15)34-25(33-17)24-20-16(35-36-24)11-31-22(21(20)28)13-6-14(8-29-7-13)32-26(37)12-2-1-3-12/h4-12H,1-3H2,(H,32,37)(H,33,34)(H,35,36). The second-order valence-corrected chi connectivity index (χ2v) is 10.2. The van der Waals surface area contributed by atoms with Crippen molar-refractivity contribution in [3.63, 3.8) is 0 Å². The van der Waals surface area contributed by atoms with E-state index in [1.165, 1.54) is 24.7 Å². The Morgan fingerprint density at radius 1 is 1.03 bits per heavy atom. The largest absolute Gasteiger partial charge is 0.335 e. The van der Waals surface area contributed by atoms with Crippen molar-refractivity contribution in [3.8, 4) is 33.2 Å². The summed E-state index contributed by atoms with van der Waals surface area (Å²) in [7, 11) is 0. The number of carbonyl (C=O) groups excluding carboxylic acids is 1. The van der Waals surface area contributed by atoms with Gasteiger partial charge in [0.1, 0.15) is 16.9 Å². The number of thiophene rings is 1. The number of carbonyl (C=O) groups is 1. The molecule has 0 unspecified atom stereocenters. The molecule has 0 spiro atoms. The number of halogens is 2. The van der Waals surface area contributed by atoms with Crippen LogP contribution in [0.1, 0.15) is 19.3 Å². The van der Waals surface area contributed by atoms with Crippen LogP contribution in [0.5, 0.6) is 0 Å². The number of hydrogen-bond donors (Lipinski definition) is 3. The minimum Gasteiger partial charge on any atom is -0.335 e. The molecule has 0 aromatic carbocycles. The van der Waals surface area contributed by atoms with Gasteiger partial charge in [0, 0.05) is 34.3 Å². The zero-order chi connectivity index (χ0) is 25.8. The molecular weight excluding hydrogens is 510 g/mol. The van der Waals surface area contributed by atoms with E-state index in [1.807, 2.05) is 0 Å². The third-order valence-electron chi connectivity index (χ3n) is 6.76. The first kappa shape index (κ1) is 22.6. The van der Waals surface area contributed by atoms with E-state index in [2.05, 4.69) is 40.4 Å². The van der Waals surface area contributed by atoms with Crippen molar-refractivity contribution in [3.05, 3.63) is 60.1 Å². The number of aromatic amines is 2. The van der Waals surface area contributed by atoms with Crippen molar-refractivity contribution in [2.45, 2.75) is 19.3 Å². The lowest BCUT2D eigenvalue weighted by molar-refractivity contribution is -0.122. The quantitative estimate of drug-likeness (QED) is 0.263. The Kier molecular flexibility index (Phi) is 5.22. The number of anilines is 1. The van der Waals surface area contributed by atoms with Crippen molar-refractivity contribution in [2.75, 3.05) is 5.32 Å². The summed E-state index contributed by atoms with van der Waals surface area (Å²) in [5, 5.41) is 9.88. The molecule has 3 N–H and O–H groups in total. The molecule has 0 radical (unpaired) electrons. The van der Waals surface area contributed by atoms with Crippen LogP contribution >= 0.6 is 11.3 Å². The normalized spacial score (nSPS) is 13.7. The molecule has 1 saturated carbocycles. The highest BCUT2D eigenvalue weighted by Gasteiger charge is 2.26. The van der Waals surface area contributed by atoms with Gasteiger partial charge in [-0.05, 0) is 31.0 Å². The molecule has 0 bridgehead atoms. The van der Waals surface area contributed by atoms with E-state index in [-0.39, 0.29) is 33.7 Å². The fourth-order valence-corrected chi connectivity index (χ4v) is 5.33. The van der Waals surface area contributed by atoms with Gasteiger partial charge in [0.15, 0.2) is 16.8 Å². The number of nitrogens with zero attached hydrogens (tertiary/aromatic N) is 5. The first-order chi connectivity index (χ1) is 18.5. The minimum absolute atomic E-state index is 0.0109. The van der Waals surface area contributed by atoms with E-state index in [0.29, 0.717) is 44.1 Å². The summed E-state index contributed by atoms with van der Waals surface area (Å²) >= 11 is 0.995. The fourth-order valence-electron chi connectivity index (χ4n) is 4.58. The van der Waals surface area contributed by atoms with E-state index in [0.717, 1.165) is 30.6 Å². The number of imidazole rings is 1. The van der Waals surface area contributed by atoms with E-state index >= 15 is 4.39 Å². The van der Waals surface area contributed by atoms with Crippen molar-refractivity contribution >= 4 is 44.9 Å². The maximum absolute atomic E-state index is 16.0. The van der Waals surface area contributed by atoms with Gasteiger partial charge in [-0.1, -0.05) is 6.42 Å². The summed E-state index contributed by atoms with van der Waals surface area (Å²) in [6.07, 6.45) is 10.5. The van der Waals surface area contributed by atoms with Gasteiger partial charge in [-0.25, -0.2) is 9.37 Å². The van der Waals surface area contributed by atoms with Crippen molar-refractivity contribution in [1.29, 1.82) is 0 Å². The van der Waals surface area contributed by atoms with E-state index in [1.54, 1.807) is 24.5 Å². The molecule has 1 amide bonds. The lowest BCUT2D eigenvalue weighted by Crippen LogP contribution is -2.28. The summed E-state index contributed by atoms with van der Waals surface area (Å²) < 4.78 is 29.7. The third-order valence-corrected chi connectivity index (χ3v) is 7.66. The van der Waals surface area contributed by atoms with Gasteiger partial charge in [-0.3, -0.25) is 24.8 Å². The second kappa shape index (κ2) is 8.77. The molecule has 1 aliphatic rings. The number of fused-ring (bicyclic) bond motifs is 2. The summed E-state index contributed by atoms with van der Waals surface area (Å²) in [4.78, 5) is 33.6. The summed E-state index contributed by atoms with van der Waals surface area (Å²) in [5.41, 5.74) is 3.46. The van der Waals surface area contributed by atoms with Crippen molar-refractivity contribution in [2.24, 2.45) is 5.92 Å². The van der Waals surface area contributed by atoms with Crippen LogP contribution < -0.4 is 5.32 Å².